The zero-order valence-corrected chi connectivity index (χ0v) is 14.9. The number of benzene rings is 1. The number of hydrogen-bond acceptors (Lipinski definition) is 1. The fourth-order valence-electron chi connectivity index (χ4n) is 2.86. The van der Waals surface area contributed by atoms with Crippen molar-refractivity contribution in [2.75, 3.05) is 0 Å². The molecule has 1 aromatic rings. The molecule has 0 saturated carbocycles. The second-order valence-electron chi connectivity index (χ2n) is 8.31. The molecule has 1 heteroatoms. The van der Waals surface area contributed by atoms with Crippen LogP contribution in [0.5, 0.6) is 0 Å². The van der Waals surface area contributed by atoms with E-state index in [1.165, 1.54) is 5.56 Å². The van der Waals surface area contributed by atoms with Gasteiger partial charge in [-0.3, -0.25) is 4.79 Å². The molecule has 0 bridgehead atoms. The van der Waals surface area contributed by atoms with Crippen molar-refractivity contribution < 1.29 is 4.79 Å². The Balaban J connectivity index is 2.72. The van der Waals surface area contributed by atoms with Crippen LogP contribution in [0.3, 0.4) is 0 Å². The van der Waals surface area contributed by atoms with Gasteiger partial charge in [0.25, 0.3) is 0 Å². The minimum absolute atomic E-state index is 0.182. The van der Waals surface area contributed by atoms with Crippen molar-refractivity contribution in [2.45, 2.75) is 73.1 Å². The molecule has 0 N–H and O–H groups in total. The highest BCUT2D eigenvalue weighted by molar-refractivity contribution is 5.96. The molecular formula is C20H32O. The molecule has 1 aromatic carbocycles. The summed E-state index contributed by atoms with van der Waals surface area (Å²) in [7, 11) is 0. The Morgan fingerprint density at radius 3 is 2.00 bits per heavy atom. The smallest absolute Gasteiger partial charge is 0.163 e. The van der Waals surface area contributed by atoms with Gasteiger partial charge < -0.3 is 0 Å². The topological polar surface area (TPSA) is 17.1 Å². The summed E-state index contributed by atoms with van der Waals surface area (Å²) in [4.78, 5) is 12.4. The molecule has 0 amide bonds. The van der Waals surface area contributed by atoms with E-state index in [4.69, 9.17) is 0 Å². The van der Waals surface area contributed by atoms with Gasteiger partial charge in [-0.25, -0.2) is 0 Å². The Morgan fingerprint density at radius 1 is 1.05 bits per heavy atom. The monoisotopic (exact) mass is 288 g/mol. The first-order valence-electron chi connectivity index (χ1n) is 8.19. The summed E-state index contributed by atoms with van der Waals surface area (Å²) in [5.74, 6) is 0.705. The van der Waals surface area contributed by atoms with Crippen molar-refractivity contribution in [3.63, 3.8) is 0 Å². The number of Topliss-reactive ketones (excluding diaryl/α,β-unsaturated/α-hetero) is 1. The van der Waals surface area contributed by atoms with Crippen LogP contribution in [0.25, 0.3) is 0 Å². The van der Waals surface area contributed by atoms with Gasteiger partial charge in [-0.1, -0.05) is 72.7 Å². The molecule has 21 heavy (non-hydrogen) atoms. The minimum atomic E-state index is 0.182. The van der Waals surface area contributed by atoms with Gasteiger partial charge in [0, 0.05) is 12.0 Å². The lowest BCUT2D eigenvalue weighted by Crippen LogP contribution is -2.16. The first-order chi connectivity index (χ1) is 9.55. The fourth-order valence-corrected chi connectivity index (χ4v) is 2.86. The molecule has 1 rings (SSSR count). The van der Waals surface area contributed by atoms with Gasteiger partial charge in [-0.15, -0.1) is 0 Å². The third-order valence-electron chi connectivity index (χ3n) is 4.37. The van der Waals surface area contributed by atoms with E-state index in [9.17, 15) is 4.79 Å². The van der Waals surface area contributed by atoms with E-state index in [2.05, 4.69) is 60.6 Å². The van der Waals surface area contributed by atoms with Crippen molar-refractivity contribution in [3.8, 4) is 0 Å². The standard InChI is InChI=1S/C20H32O/c1-8-20(6,7)17-11-9-16(10-12-17)18(21)13-15(2)14-19(3,4)5/h9-12,15H,8,13-14H2,1-7H3. The fraction of sp³-hybridized carbons (Fsp3) is 0.650. The average Bonchev–Trinajstić information content (AvgIpc) is 2.36. The van der Waals surface area contributed by atoms with E-state index < -0.39 is 0 Å². The summed E-state index contributed by atoms with van der Waals surface area (Å²) >= 11 is 0. The molecule has 0 radical (unpaired) electrons. The van der Waals surface area contributed by atoms with Crippen LogP contribution in [0.4, 0.5) is 0 Å². The number of hydrogen-bond donors (Lipinski definition) is 0. The van der Waals surface area contributed by atoms with Gasteiger partial charge in [0.15, 0.2) is 5.78 Å². The first-order valence-corrected chi connectivity index (χ1v) is 8.19. The predicted molar refractivity (Wildman–Crippen MR) is 91.9 cm³/mol. The lowest BCUT2D eigenvalue weighted by molar-refractivity contribution is 0.0954. The molecule has 0 aliphatic rings. The van der Waals surface area contributed by atoms with Gasteiger partial charge in [0.05, 0.1) is 0 Å². The summed E-state index contributed by atoms with van der Waals surface area (Å²) in [6, 6.07) is 8.23. The third-order valence-corrected chi connectivity index (χ3v) is 4.37. The van der Waals surface area contributed by atoms with E-state index in [-0.39, 0.29) is 16.6 Å². The Bertz CT molecular complexity index is 460. The maximum absolute atomic E-state index is 12.4. The van der Waals surface area contributed by atoms with Crippen LogP contribution in [0.2, 0.25) is 0 Å². The zero-order chi connectivity index (χ0) is 16.3. The highest BCUT2D eigenvalue weighted by Gasteiger charge is 2.20. The summed E-state index contributed by atoms with van der Waals surface area (Å²) in [6.45, 7) is 15.6. The van der Waals surface area contributed by atoms with Crippen molar-refractivity contribution in [3.05, 3.63) is 35.4 Å². The molecule has 118 valence electrons. The van der Waals surface area contributed by atoms with E-state index >= 15 is 0 Å². The van der Waals surface area contributed by atoms with Gasteiger partial charge in [-0.05, 0) is 35.2 Å². The Morgan fingerprint density at radius 2 is 1.57 bits per heavy atom. The average molecular weight is 288 g/mol. The maximum atomic E-state index is 12.4. The number of carbonyl (C=O) groups excluding carboxylic acids is 1. The SMILES string of the molecule is CCC(C)(C)c1ccc(C(=O)CC(C)CC(C)(C)C)cc1. The van der Waals surface area contributed by atoms with Crippen LogP contribution in [-0.2, 0) is 5.41 Å². The van der Waals surface area contributed by atoms with Crippen LogP contribution < -0.4 is 0 Å². The van der Waals surface area contributed by atoms with Crippen molar-refractivity contribution in [2.24, 2.45) is 11.3 Å². The van der Waals surface area contributed by atoms with E-state index in [0.29, 0.717) is 12.3 Å². The summed E-state index contributed by atoms with van der Waals surface area (Å²) in [5, 5.41) is 0. The van der Waals surface area contributed by atoms with Gasteiger partial charge in [0.1, 0.15) is 0 Å². The minimum Gasteiger partial charge on any atom is -0.294 e. The molecule has 0 aliphatic heterocycles. The van der Waals surface area contributed by atoms with E-state index in [0.717, 1.165) is 18.4 Å². The van der Waals surface area contributed by atoms with Gasteiger partial charge >= 0.3 is 0 Å². The van der Waals surface area contributed by atoms with Crippen LogP contribution in [-0.4, -0.2) is 5.78 Å². The molecule has 0 aromatic heterocycles. The summed E-state index contributed by atoms with van der Waals surface area (Å²) < 4.78 is 0. The largest absolute Gasteiger partial charge is 0.294 e. The van der Waals surface area contributed by atoms with Crippen LogP contribution in [0.15, 0.2) is 24.3 Å². The Kier molecular flexibility index (Phi) is 5.78. The van der Waals surface area contributed by atoms with Crippen molar-refractivity contribution in [1.82, 2.24) is 0 Å². The lowest BCUT2D eigenvalue weighted by atomic mass is 9.81. The van der Waals surface area contributed by atoms with Gasteiger partial charge in [0.2, 0.25) is 0 Å². The van der Waals surface area contributed by atoms with Crippen LogP contribution in [0.1, 0.15) is 83.7 Å². The second kappa shape index (κ2) is 6.77. The number of rotatable bonds is 6. The number of ketones is 1. The van der Waals surface area contributed by atoms with Crippen LogP contribution in [0, 0.1) is 11.3 Å². The molecule has 1 nitrogen and oxygen atoms in total. The number of carbonyl (C=O) groups is 1. The van der Waals surface area contributed by atoms with E-state index in [1.54, 1.807) is 0 Å². The zero-order valence-electron chi connectivity index (χ0n) is 14.9. The predicted octanol–water partition coefficient (Wildman–Crippen LogP) is 6.02. The molecule has 0 fully saturated rings. The molecule has 1 unspecified atom stereocenters. The molecular weight excluding hydrogens is 256 g/mol. The summed E-state index contributed by atoms with van der Waals surface area (Å²) in [6.07, 6.45) is 2.83. The Hall–Kier alpha value is -1.11. The van der Waals surface area contributed by atoms with Crippen molar-refractivity contribution >= 4 is 5.78 Å². The summed E-state index contributed by atoms with van der Waals surface area (Å²) in [5.41, 5.74) is 2.63. The van der Waals surface area contributed by atoms with E-state index in [1.807, 2.05) is 12.1 Å². The first kappa shape index (κ1) is 17.9. The molecule has 0 aliphatic carbocycles. The highest BCUT2D eigenvalue weighted by atomic mass is 16.1. The highest BCUT2D eigenvalue weighted by Crippen LogP contribution is 2.29. The van der Waals surface area contributed by atoms with Crippen molar-refractivity contribution in [1.29, 1.82) is 0 Å². The van der Waals surface area contributed by atoms with Crippen LogP contribution >= 0.6 is 0 Å². The quantitative estimate of drug-likeness (QED) is 0.585. The lowest BCUT2D eigenvalue weighted by Gasteiger charge is -2.24. The normalized spacial score (nSPS) is 14.0. The van der Waals surface area contributed by atoms with Gasteiger partial charge in [-0.2, -0.15) is 0 Å². The molecule has 0 saturated heterocycles. The second-order valence-corrected chi connectivity index (χ2v) is 8.31. The molecule has 1 atom stereocenters. The molecule has 0 spiro atoms. The third kappa shape index (κ3) is 5.65. The maximum Gasteiger partial charge on any atom is 0.163 e. The Labute approximate surface area is 131 Å². The molecule has 0 heterocycles.